The largest absolute Gasteiger partial charge is 0.493 e. The molecule has 4 N–H and O–H groups in total. The molecule has 0 saturated heterocycles. The third-order valence-corrected chi connectivity index (χ3v) is 5.12. The minimum Gasteiger partial charge on any atom is -0.493 e. The van der Waals surface area contributed by atoms with Gasteiger partial charge >= 0.3 is 0 Å². The molecule has 0 atom stereocenters. The molecule has 0 aliphatic heterocycles. The van der Waals surface area contributed by atoms with E-state index in [9.17, 15) is 17.9 Å². The highest BCUT2D eigenvalue weighted by Crippen LogP contribution is 2.39. The molecule has 146 valence electrons. The number of nitrogens with zero attached hydrogens (tertiary/aromatic N) is 3. The number of anilines is 1. The molecule has 0 aliphatic rings. The van der Waals surface area contributed by atoms with Crippen LogP contribution in [0.1, 0.15) is 6.92 Å². The van der Waals surface area contributed by atoms with E-state index >= 15 is 0 Å². The number of thiocarbonyl (C=S) groups is 1. The quantitative estimate of drug-likeness (QED) is 0.439. The van der Waals surface area contributed by atoms with E-state index in [0.717, 1.165) is 0 Å². The van der Waals surface area contributed by atoms with E-state index in [2.05, 4.69) is 15.5 Å². The maximum Gasteiger partial charge on any atom is 0.240 e. The van der Waals surface area contributed by atoms with Crippen LogP contribution in [0.25, 0.3) is 10.9 Å². The number of halogens is 1. The number of para-hydroxylation sites is 1. The van der Waals surface area contributed by atoms with Crippen molar-refractivity contribution in [3.8, 4) is 5.88 Å². The standard InChI is InChI=1S/C17H16FN5O3S2/c1-2-23-13-9-10(18)7-8-11(13)15(16(23)24)21-22-17(27)20-12-5-3-4-6-14(12)28(19,25)26/h3-9,24H,2H2,1H3,(H,20,27)(H2,19,25,26). The fraction of sp³-hybridized carbons (Fsp3) is 0.118. The topological polar surface area (TPSA) is 122 Å². The fourth-order valence-electron chi connectivity index (χ4n) is 2.76. The van der Waals surface area contributed by atoms with Crippen molar-refractivity contribution in [3.63, 3.8) is 0 Å². The van der Waals surface area contributed by atoms with E-state index in [1.807, 2.05) is 0 Å². The van der Waals surface area contributed by atoms with Gasteiger partial charge in [-0.05, 0) is 49.5 Å². The number of rotatable bonds is 4. The minimum absolute atomic E-state index is 0.126. The van der Waals surface area contributed by atoms with Crippen molar-refractivity contribution in [2.24, 2.45) is 15.4 Å². The number of aromatic nitrogens is 1. The smallest absolute Gasteiger partial charge is 0.240 e. The molecule has 3 rings (SSSR count). The third kappa shape index (κ3) is 3.86. The average molecular weight is 421 g/mol. The van der Waals surface area contributed by atoms with E-state index in [1.54, 1.807) is 13.0 Å². The lowest BCUT2D eigenvalue weighted by molar-refractivity contribution is 0.427. The first-order valence-corrected chi connectivity index (χ1v) is 10.0. The van der Waals surface area contributed by atoms with Crippen molar-refractivity contribution < 1.29 is 17.9 Å². The molecular formula is C17H16FN5O3S2. The molecule has 11 heteroatoms. The van der Waals surface area contributed by atoms with Gasteiger partial charge in [-0.15, -0.1) is 10.2 Å². The Bertz CT molecular complexity index is 1200. The van der Waals surface area contributed by atoms with Crippen LogP contribution in [-0.4, -0.2) is 23.2 Å². The van der Waals surface area contributed by atoms with E-state index in [-0.39, 0.29) is 27.3 Å². The fourth-order valence-corrected chi connectivity index (χ4v) is 3.61. The van der Waals surface area contributed by atoms with Crippen LogP contribution < -0.4 is 10.5 Å². The lowest BCUT2D eigenvalue weighted by atomic mass is 10.2. The molecule has 0 aliphatic carbocycles. The third-order valence-electron chi connectivity index (χ3n) is 3.97. The van der Waals surface area contributed by atoms with Crippen molar-refractivity contribution in [2.75, 3.05) is 5.32 Å². The van der Waals surface area contributed by atoms with Gasteiger partial charge in [0.15, 0.2) is 5.69 Å². The molecule has 3 aromatic rings. The molecule has 1 aromatic heterocycles. The zero-order chi connectivity index (χ0) is 20.5. The summed E-state index contributed by atoms with van der Waals surface area (Å²) in [5.41, 5.74) is 0.740. The van der Waals surface area contributed by atoms with E-state index in [1.165, 1.54) is 41.0 Å². The van der Waals surface area contributed by atoms with E-state index in [4.69, 9.17) is 17.4 Å². The zero-order valence-electron chi connectivity index (χ0n) is 14.6. The number of aryl methyl sites for hydroxylation is 1. The molecule has 0 fully saturated rings. The molecule has 28 heavy (non-hydrogen) atoms. The highest BCUT2D eigenvalue weighted by molar-refractivity contribution is 7.89. The van der Waals surface area contributed by atoms with E-state index in [0.29, 0.717) is 17.4 Å². The molecule has 0 amide bonds. The summed E-state index contributed by atoms with van der Waals surface area (Å²) in [6.45, 7) is 2.19. The second-order valence-corrected chi connectivity index (χ2v) is 7.67. The van der Waals surface area contributed by atoms with Crippen LogP contribution in [0.3, 0.4) is 0 Å². The Labute approximate surface area is 165 Å². The van der Waals surface area contributed by atoms with Gasteiger partial charge < -0.3 is 15.0 Å². The van der Waals surface area contributed by atoms with Crippen LogP contribution in [0.4, 0.5) is 15.8 Å². The molecule has 0 unspecified atom stereocenters. The monoisotopic (exact) mass is 421 g/mol. The highest BCUT2D eigenvalue weighted by atomic mass is 32.2. The predicted octanol–water partition coefficient (Wildman–Crippen LogP) is 3.63. The minimum atomic E-state index is -3.96. The Balaban J connectivity index is 1.94. The summed E-state index contributed by atoms with van der Waals surface area (Å²) in [5.74, 6) is -0.625. The number of aromatic hydroxyl groups is 1. The van der Waals surface area contributed by atoms with Gasteiger partial charge in [-0.2, -0.15) is 0 Å². The summed E-state index contributed by atoms with van der Waals surface area (Å²) >= 11 is 5.08. The molecule has 0 spiro atoms. The molecule has 8 nitrogen and oxygen atoms in total. The summed E-state index contributed by atoms with van der Waals surface area (Å²) < 4.78 is 38.3. The number of sulfonamides is 1. The summed E-state index contributed by atoms with van der Waals surface area (Å²) in [6, 6.07) is 9.95. The van der Waals surface area contributed by atoms with Crippen molar-refractivity contribution in [2.45, 2.75) is 18.4 Å². The second kappa shape index (κ2) is 7.62. The first-order valence-electron chi connectivity index (χ1n) is 8.07. The van der Waals surface area contributed by atoms with Crippen molar-refractivity contribution in [1.29, 1.82) is 0 Å². The number of nitrogens with one attached hydrogen (secondary N) is 1. The predicted molar refractivity (Wildman–Crippen MR) is 108 cm³/mol. The molecular weight excluding hydrogens is 405 g/mol. The van der Waals surface area contributed by atoms with Gasteiger partial charge in [-0.1, -0.05) is 12.1 Å². The molecule has 2 aromatic carbocycles. The Morgan fingerprint density at radius 2 is 2.04 bits per heavy atom. The molecule has 0 radical (unpaired) electrons. The number of primary sulfonamides is 1. The van der Waals surface area contributed by atoms with Gasteiger partial charge in [-0.25, -0.2) is 17.9 Å². The SMILES string of the molecule is CCn1c(O)c(N=NC(=S)Nc2ccccc2S(N)(=O)=O)c2ccc(F)cc21. The van der Waals surface area contributed by atoms with Crippen molar-refractivity contribution >= 4 is 49.6 Å². The second-order valence-electron chi connectivity index (χ2n) is 5.75. The number of hydrogen-bond donors (Lipinski definition) is 3. The summed E-state index contributed by atoms with van der Waals surface area (Å²) in [4.78, 5) is -0.145. The van der Waals surface area contributed by atoms with Crippen LogP contribution >= 0.6 is 12.2 Å². The normalized spacial score (nSPS) is 12.0. The van der Waals surface area contributed by atoms with Crippen LogP contribution in [0, 0.1) is 5.82 Å². The van der Waals surface area contributed by atoms with Gasteiger partial charge in [0.25, 0.3) is 0 Å². The number of fused-ring (bicyclic) bond motifs is 1. The Morgan fingerprint density at radius 3 is 2.71 bits per heavy atom. The maximum atomic E-state index is 13.5. The maximum absolute atomic E-state index is 13.5. The Morgan fingerprint density at radius 1 is 1.32 bits per heavy atom. The number of benzene rings is 2. The van der Waals surface area contributed by atoms with E-state index < -0.39 is 15.8 Å². The zero-order valence-corrected chi connectivity index (χ0v) is 16.3. The van der Waals surface area contributed by atoms with Gasteiger partial charge in [0, 0.05) is 11.9 Å². The first kappa shape index (κ1) is 19.9. The number of hydrogen-bond acceptors (Lipinski definition) is 5. The van der Waals surface area contributed by atoms with Crippen molar-refractivity contribution in [3.05, 3.63) is 48.3 Å². The highest BCUT2D eigenvalue weighted by Gasteiger charge is 2.17. The Kier molecular flexibility index (Phi) is 5.40. The van der Waals surface area contributed by atoms with Crippen LogP contribution in [0.5, 0.6) is 5.88 Å². The molecule has 0 bridgehead atoms. The number of azo groups is 1. The molecule has 1 heterocycles. The van der Waals surface area contributed by atoms with Gasteiger partial charge in [0.05, 0.1) is 11.2 Å². The van der Waals surface area contributed by atoms with Crippen LogP contribution in [0.15, 0.2) is 57.6 Å². The lowest BCUT2D eigenvalue weighted by Gasteiger charge is -2.08. The summed E-state index contributed by atoms with van der Waals surface area (Å²) in [5, 5.41) is 26.4. The summed E-state index contributed by atoms with van der Waals surface area (Å²) in [6.07, 6.45) is 0. The lowest BCUT2D eigenvalue weighted by Crippen LogP contribution is -2.16. The van der Waals surface area contributed by atoms with Crippen LogP contribution in [-0.2, 0) is 16.6 Å². The molecule has 0 saturated carbocycles. The average Bonchev–Trinajstić information content (AvgIpc) is 2.89. The summed E-state index contributed by atoms with van der Waals surface area (Å²) in [7, 11) is -3.96. The van der Waals surface area contributed by atoms with Gasteiger partial charge in [0.1, 0.15) is 10.7 Å². The Hall–Kier alpha value is -2.89. The first-order chi connectivity index (χ1) is 13.2. The van der Waals surface area contributed by atoms with Crippen molar-refractivity contribution in [1.82, 2.24) is 4.57 Å². The van der Waals surface area contributed by atoms with Crippen LogP contribution in [0.2, 0.25) is 0 Å². The van der Waals surface area contributed by atoms with Gasteiger partial charge in [-0.3, -0.25) is 0 Å². The van der Waals surface area contributed by atoms with Gasteiger partial charge in [0.2, 0.25) is 21.0 Å². The number of nitrogens with two attached hydrogens (primary N) is 1.